The summed E-state index contributed by atoms with van der Waals surface area (Å²) in [6.07, 6.45) is 2.12. The van der Waals surface area contributed by atoms with Gasteiger partial charge in [-0.05, 0) is 43.7 Å². The lowest BCUT2D eigenvalue weighted by Crippen LogP contribution is -2.45. The van der Waals surface area contributed by atoms with E-state index in [2.05, 4.69) is 10.2 Å². The Morgan fingerprint density at radius 2 is 2.17 bits per heavy atom. The Hall–Kier alpha value is -1.10. The number of anilines is 1. The second-order valence-electron chi connectivity index (χ2n) is 4.69. The van der Waals surface area contributed by atoms with E-state index in [-0.39, 0.29) is 11.9 Å². The first-order chi connectivity index (χ1) is 8.63. The minimum Gasteiger partial charge on any atom is -0.327 e. The van der Waals surface area contributed by atoms with Crippen molar-refractivity contribution in [2.24, 2.45) is 5.73 Å². The number of likely N-dealkylation sites (tertiary alicyclic amines) is 1. The number of halogens is 1. The van der Waals surface area contributed by atoms with Gasteiger partial charge in [0.2, 0.25) is 5.91 Å². The number of nitrogens with zero attached hydrogens (tertiary/aromatic N) is 1. The number of benzene rings is 1. The van der Waals surface area contributed by atoms with E-state index in [1.807, 2.05) is 0 Å². The van der Waals surface area contributed by atoms with Crippen molar-refractivity contribution < 1.29 is 4.79 Å². The summed E-state index contributed by atoms with van der Waals surface area (Å²) in [5, 5.41) is 3.51. The van der Waals surface area contributed by atoms with Crippen LogP contribution in [0, 0.1) is 0 Å². The Labute approximate surface area is 112 Å². The molecule has 0 radical (unpaired) electrons. The highest BCUT2D eigenvalue weighted by Gasteiger charge is 2.18. The number of amides is 1. The molecule has 1 aromatic carbocycles. The van der Waals surface area contributed by atoms with Gasteiger partial charge in [0.15, 0.2) is 0 Å². The molecule has 1 atom stereocenters. The molecular formula is C13H18ClN3O. The average Bonchev–Trinajstić information content (AvgIpc) is 2.32. The van der Waals surface area contributed by atoms with E-state index < -0.39 is 0 Å². The average molecular weight is 268 g/mol. The molecular weight excluding hydrogens is 250 g/mol. The van der Waals surface area contributed by atoms with E-state index in [0.717, 1.165) is 31.6 Å². The second-order valence-corrected chi connectivity index (χ2v) is 5.13. The fourth-order valence-corrected chi connectivity index (χ4v) is 2.30. The Bertz CT molecular complexity index is 407. The van der Waals surface area contributed by atoms with Crippen LogP contribution in [0.15, 0.2) is 24.3 Å². The number of rotatable bonds is 3. The van der Waals surface area contributed by atoms with Crippen LogP contribution < -0.4 is 11.1 Å². The number of nitrogens with two attached hydrogens (primary N) is 1. The fourth-order valence-electron chi connectivity index (χ4n) is 2.17. The van der Waals surface area contributed by atoms with Crippen molar-refractivity contribution in [2.45, 2.75) is 18.9 Å². The summed E-state index contributed by atoms with van der Waals surface area (Å²) in [6, 6.07) is 7.30. The molecule has 1 fully saturated rings. The Kier molecular flexibility index (Phi) is 4.58. The Balaban J connectivity index is 1.83. The predicted molar refractivity (Wildman–Crippen MR) is 73.7 cm³/mol. The fraction of sp³-hybridized carbons (Fsp3) is 0.462. The van der Waals surface area contributed by atoms with Crippen LogP contribution in [0.2, 0.25) is 5.02 Å². The maximum atomic E-state index is 11.8. The molecule has 1 heterocycles. The van der Waals surface area contributed by atoms with E-state index in [4.69, 9.17) is 17.3 Å². The van der Waals surface area contributed by atoms with Crippen LogP contribution in [0.25, 0.3) is 0 Å². The second kappa shape index (κ2) is 6.18. The number of hydrogen-bond acceptors (Lipinski definition) is 3. The molecule has 3 N–H and O–H groups in total. The number of piperidine rings is 1. The van der Waals surface area contributed by atoms with Crippen molar-refractivity contribution in [3.05, 3.63) is 29.3 Å². The van der Waals surface area contributed by atoms with E-state index >= 15 is 0 Å². The van der Waals surface area contributed by atoms with Crippen molar-refractivity contribution in [1.82, 2.24) is 4.90 Å². The summed E-state index contributed by atoms with van der Waals surface area (Å²) in [6.45, 7) is 2.14. The highest BCUT2D eigenvalue weighted by Crippen LogP contribution is 2.13. The van der Waals surface area contributed by atoms with Gasteiger partial charge in [0.25, 0.3) is 0 Å². The molecule has 0 aromatic heterocycles. The largest absolute Gasteiger partial charge is 0.327 e. The topological polar surface area (TPSA) is 58.4 Å². The Morgan fingerprint density at radius 3 is 2.83 bits per heavy atom. The minimum absolute atomic E-state index is 0.00794. The Morgan fingerprint density at radius 1 is 1.44 bits per heavy atom. The lowest BCUT2D eigenvalue weighted by atomic mass is 10.1. The van der Waals surface area contributed by atoms with Gasteiger partial charge in [-0.2, -0.15) is 0 Å². The first-order valence-electron chi connectivity index (χ1n) is 6.17. The molecule has 1 unspecified atom stereocenters. The zero-order chi connectivity index (χ0) is 13.0. The first kappa shape index (κ1) is 13.3. The molecule has 1 aromatic rings. The SMILES string of the molecule is NC1CCCN(CC(=O)Nc2ccc(Cl)cc2)C1. The van der Waals surface area contributed by atoms with E-state index in [1.165, 1.54) is 0 Å². The number of carbonyl (C=O) groups excluding carboxylic acids is 1. The molecule has 4 nitrogen and oxygen atoms in total. The zero-order valence-corrected chi connectivity index (χ0v) is 11.0. The van der Waals surface area contributed by atoms with Gasteiger partial charge < -0.3 is 11.1 Å². The molecule has 18 heavy (non-hydrogen) atoms. The molecule has 1 aliphatic rings. The lowest BCUT2D eigenvalue weighted by Gasteiger charge is -2.29. The monoisotopic (exact) mass is 267 g/mol. The maximum absolute atomic E-state index is 11.8. The third-order valence-corrected chi connectivity index (χ3v) is 3.29. The third-order valence-electron chi connectivity index (χ3n) is 3.04. The van der Waals surface area contributed by atoms with Crippen molar-refractivity contribution in [3.63, 3.8) is 0 Å². The van der Waals surface area contributed by atoms with Gasteiger partial charge >= 0.3 is 0 Å². The smallest absolute Gasteiger partial charge is 0.238 e. The highest BCUT2D eigenvalue weighted by atomic mass is 35.5. The summed E-state index contributed by atoms with van der Waals surface area (Å²) >= 11 is 5.79. The lowest BCUT2D eigenvalue weighted by molar-refractivity contribution is -0.117. The number of nitrogens with one attached hydrogen (secondary N) is 1. The molecule has 1 amide bonds. The minimum atomic E-state index is -0.00794. The summed E-state index contributed by atoms with van der Waals surface area (Å²) in [4.78, 5) is 13.9. The highest BCUT2D eigenvalue weighted by molar-refractivity contribution is 6.30. The van der Waals surface area contributed by atoms with Crippen LogP contribution in [0.4, 0.5) is 5.69 Å². The van der Waals surface area contributed by atoms with Crippen molar-refractivity contribution >= 4 is 23.2 Å². The van der Waals surface area contributed by atoms with Gasteiger partial charge in [0, 0.05) is 23.3 Å². The van der Waals surface area contributed by atoms with E-state index in [1.54, 1.807) is 24.3 Å². The summed E-state index contributed by atoms with van der Waals surface area (Å²) in [7, 11) is 0. The standard InChI is InChI=1S/C13H18ClN3O/c14-10-3-5-12(6-4-10)16-13(18)9-17-7-1-2-11(15)8-17/h3-6,11H,1-2,7-9,15H2,(H,16,18). The van der Waals surface area contributed by atoms with E-state index in [0.29, 0.717) is 11.6 Å². The number of carbonyl (C=O) groups is 1. The summed E-state index contributed by atoms with van der Waals surface area (Å²) < 4.78 is 0. The van der Waals surface area contributed by atoms with Crippen LogP contribution in [-0.4, -0.2) is 36.5 Å². The molecule has 98 valence electrons. The normalized spacial score (nSPS) is 20.7. The molecule has 0 bridgehead atoms. The third kappa shape index (κ3) is 3.98. The molecule has 0 saturated carbocycles. The van der Waals surface area contributed by atoms with Crippen LogP contribution in [0.3, 0.4) is 0 Å². The zero-order valence-electron chi connectivity index (χ0n) is 10.2. The van der Waals surface area contributed by atoms with Crippen molar-refractivity contribution in [2.75, 3.05) is 25.0 Å². The van der Waals surface area contributed by atoms with Crippen LogP contribution in [-0.2, 0) is 4.79 Å². The van der Waals surface area contributed by atoms with E-state index in [9.17, 15) is 4.79 Å². The van der Waals surface area contributed by atoms with Gasteiger partial charge in [-0.25, -0.2) is 0 Å². The molecule has 1 aliphatic heterocycles. The quantitative estimate of drug-likeness (QED) is 0.876. The van der Waals surface area contributed by atoms with Crippen molar-refractivity contribution in [1.29, 1.82) is 0 Å². The molecule has 2 rings (SSSR count). The molecule has 1 saturated heterocycles. The summed E-state index contributed by atoms with van der Waals surface area (Å²) in [5.41, 5.74) is 6.65. The summed E-state index contributed by atoms with van der Waals surface area (Å²) in [5.74, 6) is -0.00794. The van der Waals surface area contributed by atoms with Gasteiger partial charge in [0.1, 0.15) is 0 Å². The molecule has 0 aliphatic carbocycles. The van der Waals surface area contributed by atoms with Crippen LogP contribution >= 0.6 is 11.6 Å². The van der Waals surface area contributed by atoms with Gasteiger partial charge in [-0.3, -0.25) is 9.69 Å². The van der Waals surface area contributed by atoms with Gasteiger partial charge in [-0.1, -0.05) is 11.6 Å². The first-order valence-corrected chi connectivity index (χ1v) is 6.54. The van der Waals surface area contributed by atoms with Gasteiger partial charge in [-0.15, -0.1) is 0 Å². The van der Waals surface area contributed by atoms with Crippen LogP contribution in [0.5, 0.6) is 0 Å². The van der Waals surface area contributed by atoms with Crippen molar-refractivity contribution in [3.8, 4) is 0 Å². The van der Waals surface area contributed by atoms with Crippen LogP contribution in [0.1, 0.15) is 12.8 Å². The molecule has 5 heteroatoms. The number of hydrogen-bond donors (Lipinski definition) is 2. The predicted octanol–water partition coefficient (Wildman–Crippen LogP) is 1.70. The maximum Gasteiger partial charge on any atom is 0.238 e. The molecule has 0 spiro atoms. The van der Waals surface area contributed by atoms with Gasteiger partial charge in [0.05, 0.1) is 6.54 Å².